The van der Waals surface area contributed by atoms with Gasteiger partial charge in [0.2, 0.25) is 0 Å². The lowest BCUT2D eigenvalue weighted by Gasteiger charge is -2.21. The zero-order valence-corrected chi connectivity index (χ0v) is 39.6. The van der Waals surface area contributed by atoms with Crippen LogP contribution in [0.4, 0.5) is 11.4 Å². The van der Waals surface area contributed by atoms with Gasteiger partial charge in [-0.25, -0.2) is 9.97 Å². The Labute approximate surface area is 395 Å². The molecule has 2 heterocycles. The Balaban J connectivity index is 0.00000580. The molecule has 14 heteroatoms. The molecule has 0 amide bonds. The molecule has 0 fully saturated rings. The summed E-state index contributed by atoms with van der Waals surface area (Å²) in [5.74, 6) is 0. The lowest BCUT2D eigenvalue weighted by molar-refractivity contribution is -0.907. The first-order chi connectivity index (χ1) is 26.7. The number of rotatable bonds is 25. The number of nitrogens with two attached hydrogens (primary N) is 2. The third kappa shape index (κ3) is 17.1. The molecule has 2 aromatic heterocycles. The van der Waals surface area contributed by atoms with E-state index in [0.29, 0.717) is 0 Å². The Hall–Kier alpha value is -2.28. The van der Waals surface area contributed by atoms with E-state index < -0.39 is 0 Å². The van der Waals surface area contributed by atoms with Gasteiger partial charge in [0.15, 0.2) is 0 Å². The molecule has 0 radical (unpaired) electrons. The number of hydrogen-bond donors (Lipinski definition) is 6. The minimum atomic E-state index is 0. The summed E-state index contributed by atoms with van der Waals surface area (Å²) >= 11 is 0. The first-order valence-electron chi connectivity index (χ1n) is 21.2. The average Bonchev–Trinajstić information content (AvgIpc) is 3.21. The van der Waals surface area contributed by atoms with E-state index in [0.717, 1.165) is 48.2 Å². The molecule has 0 saturated heterocycles. The fraction of sp³-hybridized carbons (Fsp3) is 0.435. The highest BCUT2D eigenvalue weighted by atomic mass is 35.5. The number of nitrogens with one attached hydrogen (secondary N) is 2. The van der Waals surface area contributed by atoms with Gasteiger partial charge in [-0.1, -0.05) is 48.5 Å². The van der Waals surface area contributed by atoms with Gasteiger partial charge in [-0.05, 0) is 87.1 Å². The predicted octanol–water partition coefficient (Wildman–Crippen LogP) is -15.6. The Morgan fingerprint density at radius 3 is 0.917 bits per heavy atom. The maximum Gasteiger partial charge on any atom is 0.148 e. The molecule has 0 aliphatic carbocycles. The summed E-state index contributed by atoms with van der Waals surface area (Å²) in [5, 5.41) is 10.0. The Kier molecular flexibility index (Phi) is 31.2. The second-order valence-corrected chi connectivity index (χ2v) is 15.3. The summed E-state index contributed by atoms with van der Waals surface area (Å²) in [4.78, 5) is 13.4. The summed E-state index contributed by atoms with van der Waals surface area (Å²) in [7, 11) is 0. The number of aromatic nitrogens is 2. The molecule has 0 bridgehead atoms. The van der Waals surface area contributed by atoms with E-state index >= 15 is 0 Å². The molecule has 0 aliphatic rings. The highest BCUT2D eigenvalue weighted by molar-refractivity contribution is 6.04. The van der Waals surface area contributed by atoms with Gasteiger partial charge in [-0.2, -0.15) is 0 Å². The quantitative estimate of drug-likeness (QED) is 0.0253. The van der Waals surface area contributed by atoms with Crippen LogP contribution in [0.2, 0.25) is 0 Å². The predicted molar refractivity (Wildman–Crippen MR) is 224 cm³/mol. The van der Waals surface area contributed by atoms with Crippen molar-refractivity contribution < 1.29 is 106 Å². The van der Waals surface area contributed by atoms with Gasteiger partial charge in [0, 0.05) is 25.7 Å². The number of unbranched alkanes of at least 4 members (excludes halogenated alkanes) is 5. The zero-order valence-electron chi connectivity index (χ0n) is 35.1. The molecule has 8 nitrogen and oxygen atoms in total. The molecule has 4 aromatic carbocycles. The van der Waals surface area contributed by atoms with Crippen LogP contribution in [0.5, 0.6) is 0 Å². The highest BCUT2D eigenvalue weighted by Crippen LogP contribution is 2.28. The second kappa shape index (κ2) is 32.4. The monoisotopic (exact) mass is 942 g/mol. The number of para-hydroxylation sites is 4. The molecule has 6 rings (SSSR count). The maximum atomic E-state index is 4.90. The van der Waals surface area contributed by atoms with Crippen LogP contribution in [0.3, 0.4) is 0 Å². The number of quaternary nitrogens is 6. The van der Waals surface area contributed by atoms with Gasteiger partial charge < -0.3 is 106 Å². The molecular weight excluding hydrogens is 877 g/mol. The van der Waals surface area contributed by atoms with E-state index in [1.807, 2.05) is 0 Å². The van der Waals surface area contributed by atoms with Crippen LogP contribution in [-0.4, -0.2) is 75.4 Å². The van der Waals surface area contributed by atoms with Gasteiger partial charge in [0.25, 0.3) is 0 Å². The molecule has 60 heavy (non-hydrogen) atoms. The first-order valence-corrected chi connectivity index (χ1v) is 21.2. The zero-order chi connectivity index (χ0) is 37.2. The SMILES string of the molecule is [Cl-].[Cl-].[Cl-].[Cl-].[Cl-].[Cl-].[NH3+]CCC[NH+](CCCCC[NH2+]c1c2ccccc2nc2ccccc12)CCCC[NH+](CCC[NH3+])CCCCC[NH2+]c1c2ccccc2nc2ccccc12. The Morgan fingerprint density at radius 1 is 0.350 bits per heavy atom. The molecule has 334 valence electrons. The van der Waals surface area contributed by atoms with Crippen LogP contribution in [0.25, 0.3) is 43.6 Å². The summed E-state index contributed by atoms with van der Waals surface area (Å²) in [6.45, 7) is 12.1. The van der Waals surface area contributed by atoms with E-state index in [-0.39, 0.29) is 74.4 Å². The number of fused-ring (bicyclic) bond motifs is 4. The van der Waals surface area contributed by atoms with E-state index in [4.69, 9.17) is 9.97 Å². The van der Waals surface area contributed by atoms with Crippen LogP contribution < -0.4 is 106 Å². The largest absolute Gasteiger partial charge is 1.00 e. The third-order valence-corrected chi connectivity index (χ3v) is 11.3. The summed E-state index contributed by atoms with van der Waals surface area (Å²) in [6, 6.07) is 34.3. The third-order valence-electron chi connectivity index (χ3n) is 11.3. The first kappa shape index (κ1) is 57.7. The summed E-state index contributed by atoms with van der Waals surface area (Å²) in [5.41, 5.74) is 15.4. The standard InChI is InChI=1S/C46H62N8.6ClH/c47-27-17-35-53(31-13-1-11-29-49-45-37-19-3-7-23-41(37)51-42-24-8-4-20-38(42)45)33-15-16-34-54(36-18-28-48)32-14-2-12-30-50-46-39-21-5-9-25-43(39)52-44-26-10-6-22-40(44)46;;;;;;/h3-10,19-26H,1-2,11-18,27-36,47-48H2,(H,49,51)(H,50,52);6*1H. The number of benzene rings is 4. The van der Waals surface area contributed by atoms with E-state index in [9.17, 15) is 0 Å². The second-order valence-electron chi connectivity index (χ2n) is 15.3. The van der Waals surface area contributed by atoms with Gasteiger partial charge in [-0.15, -0.1) is 0 Å². The summed E-state index contributed by atoms with van der Waals surface area (Å²) in [6.07, 6.45) is 12.8. The van der Waals surface area contributed by atoms with E-state index in [2.05, 4.69) is 119 Å². The van der Waals surface area contributed by atoms with Crippen molar-refractivity contribution in [2.75, 3.05) is 65.4 Å². The van der Waals surface area contributed by atoms with Crippen molar-refractivity contribution in [1.82, 2.24) is 9.97 Å². The molecule has 0 spiro atoms. The molecule has 2 atom stereocenters. The molecule has 0 aliphatic heterocycles. The van der Waals surface area contributed by atoms with Gasteiger partial charge in [0.1, 0.15) is 11.4 Å². The summed E-state index contributed by atoms with van der Waals surface area (Å²) < 4.78 is 0. The fourth-order valence-corrected chi connectivity index (χ4v) is 8.32. The van der Waals surface area contributed by atoms with Crippen molar-refractivity contribution in [1.29, 1.82) is 0 Å². The van der Waals surface area contributed by atoms with Crippen LogP contribution in [-0.2, 0) is 0 Å². The van der Waals surface area contributed by atoms with Gasteiger partial charge in [-0.3, -0.25) is 0 Å². The normalized spacial score (nSPS) is 11.7. The van der Waals surface area contributed by atoms with Crippen LogP contribution in [0.15, 0.2) is 97.1 Å². The molecule has 6 aromatic rings. The van der Waals surface area contributed by atoms with Crippen LogP contribution >= 0.6 is 0 Å². The van der Waals surface area contributed by atoms with Crippen molar-refractivity contribution in [3.63, 3.8) is 0 Å². The smallest absolute Gasteiger partial charge is 0.148 e. The number of halogens is 6. The number of pyridine rings is 2. The Morgan fingerprint density at radius 2 is 0.617 bits per heavy atom. The molecular formula is C46H68Cl6N8. The molecule has 2 unspecified atom stereocenters. The fourth-order valence-electron chi connectivity index (χ4n) is 8.32. The van der Waals surface area contributed by atoms with E-state index in [1.54, 1.807) is 9.80 Å². The van der Waals surface area contributed by atoms with Crippen molar-refractivity contribution in [2.24, 2.45) is 0 Å². The lowest BCUT2D eigenvalue weighted by Crippen LogP contribution is -3.13. The number of hydrogen-bond acceptors (Lipinski definition) is 2. The Bertz CT molecular complexity index is 1790. The van der Waals surface area contributed by atoms with Crippen molar-refractivity contribution in [2.45, 2.75) is 64.2 Å². The highest BCUT2D eigenvalue weighted by Gasteiger charge is 2.15. The van der Waals surface area contributed by atoms with Crippen LogP contribution in [0.1, 0.15) is 64.2 Å². The van der Waals surface area contributed by atoms with Crippen LogP contribution in [0, 0.1) is 0 Å². The minimum Gasteiger partial charge on any atom is -1.00 e. The average molecular weight is 946 g/mol. The van der Waals surface area contributed by atoms with Crippen molar-refractivity contribution in [3.8, 4) is 0 Å². The van der Waals surface area contributed by atoms with E-state index in [1.165, 1.54) is 136 Å². The van der Waals surface area contributed by atoms with Gasteiger partial charge >= 0.3 is 0 Å². The van der Waals surface area contributed by atoms with Crippen molar-refractivity contribution >= 4 is 55.0 Å². The molecule has 12 N–H and O–H groups in total. The maximum absolute atomic E-state index is 4.90. The topological polar surface area (TPSA) is 123 Å². The molecule has 0 saturated carbocycles. The van der Waals surface area contributed by atoms with Gasteiger partial charge in [0.05, 0.1) is 109 Å². The number of nitrogens with zero attached hydrogens (tertiary/aromatic N) is 2. The van der Waals surface area contributed by atoms with Crippen molar-refractivity contribution in [3.05, 3.63) is 97.1 Å². The minimum absolute atomic E-state index is 0. The lowest BCUT2D eigenvalue weighted by atomic mass is 10.1.